The quantitative estimate of drug-likeness (QED) is 0.684. The zero-order valence-corrected chi connectivity index (χ0v) is 11.4. The molecule has 20 heavy (non-hydrogen) atoms. The minimum Gasteiger partial charge on any atom is -0.462 e. The number of carbonyl (C=O) groups is 1. The van der Waals surface area contributed by atoms with Gasteiger partial charge in [0.1, 0.15) is 11.3 Å². The number of nitrogens with zero attached hydrogens (tertiary/aromatic N) is 1. The van der Waals surface area contributed by atoms with Crippen molar-refractivity contribution in [3.63, 3.8) is 0 Å². The second kappa shape index (κ2) is 6.06. The van der Waals surface area contributed by atoms with Crippen molar-refractivity contribution in [3.05, 3.63) is 47.8 Å². The monoisotopic (exact) mass is 272 g/mol. The molecule has 1 aromatic carbocycles. The van der Waals surface area contributed by atoms with E-state index >= 15 is 0 Å². The van der Waals surface area contributed by atoms with Crippen LogP contribution in [0, 0.1) is 6.92 Å². The summed E-state index contributed by atoms with van der Waals surface area (Å²) in [7, 11) is 0. The Morgan fingerprint density at radius 1 is 1.30 bits per heavy atom. The number of hydrogen-bond donors (Lipinski definition) is 1. The lowest BCUT2D eigenvalue weighted by Crippen LogP contribution is -2.08. The maximum absolute atomic E-state index is 11.9. The van der Waals surface area contributed by atoms with Crippen molar-refractivity contribution in [3.8, 4) is 11.5 Å². The average molecular weight is 272 g/mol. The van der Waals surface area contributed by atoms with Crippen LogP contribution in [-0.4, -0.2) is 17.6 Å². The number of pyridine rings is 1. The number of nitrogens with two attached hydrogens (primary N) is 1. The molecule has 5 nitrogen and oxygen atoms in total. The van der Waals surface area contributed by atoms with E-state index < -0.39 is 5.97 Å². The summed E-state index contributed by atoms with van der Waals surface area (Å²) >= 11 is 0. The third kappa shape index (κ3) is 3.06. The van der Waals surface area contributed by atoms with Crippen LogP contribution in [0.2, 0.25) is 0 Å². The fraction of sp³-hybridized carbons (Fsp3) is 0.200. The third-order valence-corrected chi connectivity index (χ3v) is 2.64. The molecule has 0 aliphatic rings. The van der Waals surface area contributed by atoms with Crippen LogP contribution in [0.25, 0.3) is 0 Å². The van der Waals surface area contributed by atoms with E-state index in [0.29, 0.717) is 23.6 Å². The number of aromatic nitrogens is 1. The van der Waals surface area contributed by atoms with Crippen LogP contribution in [0.15, 0.2) is 36.5 Å². The minimum atomic E-state index is -0.463. The highest BCUT2D eigenvalue weighted by atomic mass is 16.5. The molecule has 0 aliphatic carbocycles. The van der Waals surface area contributed by atoms with Gasteiger partial charge >= 0.3 is 5.97 Å². The van der Waals surface area contributed by atoms with Gasteiger partial charge < -0.3 is 15.2 Å². The van der Waals surface area contributed by atoms with E-state index in [-0.39, 0.29) is 5.75 Å². The first-order valence-corrected chi connectivity index (χ1v) is 6.28. The van der Waals surface area contributed by atoms with E-state index in [9.17, 15) is 4.79 Å². The lowest BCUT2D eigenvalue weighted by molar-refractivity contribution is 0.0523. The molecular formula is C15H16N2O3. The fourth-order valence-corrected chi connectivity index (χ4v) is 1.67. The number of nitrogen functional groups attached to an aromatic ring is 1. The summed E-state index contributed by atoms with van der Waals surface area (Å²) in [5, 5.41) is 0. The van der Waals surface area contributed by atoms with Gasteiger partial charge in [-0.2, -0.15) is 0 Å². The molecule has 2 aromatic rings. The molecule has 2 rings (SSSR count). The SMILES string of the molecule is CCOC(=O)c1cccc(N)c1Oc1ccc(C)nc1. The number of esters is 1. The molecular weight excluding hydrogens is 256 g/mol. The number of aryl methyl sites for hydroxylation is 1. The van der Waals surface area contributed by atoms with Gasteiger partial charge in [-0.05, 0) is 38.1 Å². The van der Waals surface area contributed by atoms with E-state index in [0.717, 1.165) is 5.69 Å². The van der Waals surface area contributed by atoms with E-state index in [2.05, 4.69) is 4.98 Å². The molecule has 0 aliphatic heterocycles. The average Bonchev–Trinajstić information content (AvgIpc) is 2.43. The van der Waals surface area contributed by atoms with Crippen LogP contribution in [-0.2, 0) is 4.74 Å². The predicted molar refractivity (Wildman–Crippen MR) is 75.9 cm³/mol. The van der Waals surface area contributed by atoms with Crippen LogP contribution in [0.5, 0.6) is 11.5 Å². The maximum Gasteiger partial charge on any atom is 0.342 e. The smallest absolute Gasteiger partial charge is 0.342 e. The number of benzene rings is 1. The highest BCUT2D eigenvalue weighted by Crippen LogP contribution is 2.31. The number of carbonyl (C=O) groups excluding carboxylic acids is 1. The Balaban J connectivity index is 2.34. The molecule has 5 heteroatoms. The van der Waals surface area contributed by atoms with Crippen molar-refractivity contribution in [2.75, 3.05) is 12.3 Å². The topological polar surface area (TPSA) is 74.4 Å². The molecule has 0 spiro atoms. The van der Waals surface area contributed by atoms with E-state index in [1.54, 1.807) is 37.4 Å². The lowest BCUT2D eigenvalue weighted by atomic mass is 10.1. The molecule has 0 bridgehead atoms. The Bertz CT molecular complexity index is 609. The zero-order chi connectivity index (χ0) is 14.5. The molecule has 104 valence electrons. The number of para-hydroxylation sites is 1. The second-order valence-corrected chi connectivity index (χ2v) is 4.18. The Morgan fingerprint density at radius 2 is 2.10 bits per heavy atom. The minimum absolute atomic E-state index is 0.289. The standard InChI is InChI=1S/C15H16N2O3/c1-3-19-15(18)12-5-4-6-13(16)14(12)20-11-8-7-10(2)17-9-11/h4-9H,3,16H2,1-2H3. The summed E-state index contributed by atoms with van der Waals surface area (Å²) in [5.41, 5.74) is 7.43. The molecule has 1 aromatic heterocycles. The van der Waals surface area contributed by atoms with Crippen molar-refractivity contribution in [1.29, 1.82) is 0 Å². The van der Waals surface area contributed by atoms with E-state index in [4.69, 9.17) is 15.2 Å². The van der Waals surface area contributed by atoms with Gasteiger partial charge in [-0.3, -0.25) is 4.98 Å². The van der Waals surface area contributed by atoms with Gasteiger partial charge in [-0.15, -0.1) is 0 Å². The maximum atomic E-state index is 11.9. The fourth-order valence-electron chi connectivity index (χ4n) is 1.67. The summed E-state index contributed by atoms with van der Waals surface area (Å²) in [5.74, 6) is 0.338. The summed E-state index contributed by atoms with van der Waals surface area (Å²) in [6.45, 7) is 3.92. The summed E-state index contributed by atoms with van der Waals surface area (Å²) in [6, 6.07) is 8.55. The van der Waals surface area contributed by atoms with Gasteiger partial charge in [-0.1, -0.05) is 6.07 Å². The van der Waals surface area contributed by atoms with Gasteiger partial charge in [0, 0.05) is 5.69 Å². The zero-order valence-electron chi connectivity index (χ0n) is 11.4. The van der Waals surface area contributed by atoms with Crippen molar-refractivity contribution >= 4 is 11.7 Å². The number of ether oxygens (including phenoxy) is 2. The molecule has 2 N–H and O–H groups in total. The molecule has 0 fully saturated rings. The summed E-state index contributed by atoms with van der Waals surface area (Å²) in [6.07, 6.45) is 1.58. The van der Waals surface area contributed by atoms with Crippen LogP contribution in [0.3, 0.4) is 0 Å². The highest BCUT2D eigenvalue weighted by Gasteiger charge is 2.17. The highest BCUT2D eigenvalue weighted by molar-refractivity contribution is 5.94. The Morgan fingerprint density at radius 3 is 2.75 bits per heavy atom. The Kier molecular flexibility index (Phi) is 4.20. The first-order chi connectivity index (χ1) is 9.61. The van der Waals surface area contributed by atoms with Crippen molar-refractivity contribution in [2.24, 2.45) is 0 Å². The van der Waals surface area contributed by atoms with Crippen molar-refractivity contribution in [1.82, 2.24) is 4.98 Å². The normalized spacial score (nSPS) is 10.1. The first-order valence-electron chi connectivity index (χ1n) is 6.28. The van der Waals surface area contributed by atoms with Gasteiger partial charge in [0.15, 0.2) is 5.75 Å². The van der Waals surface area contributed by atoms with Crippen molar-refractivity contribution in [2.45, 2.75) is 13.8 Å². The third-order valence-electron chi connectivity index (χ3n) is 2.64. The Hall–Kier alpha value is -2.56. The predicted octanol–water partition coefficient (Wildman–Crippen LogP) is 2.94. The number of rotatable bonds is 4. The van der Waals surface area contributed by atoms with Crippen LogP contribution in [0.1, 0.15) is 23.0 Å². The summed E-state index contributed by atoms with van der Waals surface area (Å²) in [4.78, 5) is 16.0. The van der Waals surface area contributed by atoms with E-state index in [1.807, 2.05) is 13.0 Å². The van der Waals surface area contributed by atoms with Gasteiger partial charge in [0.25, 0.3) is 0 Å². The van der Waals surface area contributed by atoms with Crippen LogP contribution in [0.4, 0.5) is 5.69 Å². The molecule has 1 heterocycles. The molecule has 0 saturated heterocycles. The number of anilines is 1. The molecule has 0 amide bonds. The second-order valence-electron chi connectivity index (χ2n) is 4.18. The van der Waals surface area contributed by atoms with Gasteiger partial charge in [-0.25, -0.2) is 4.79 Å². The van der Waals surface area contributed by atoms with Crippen LogP contribution >= 0.6 is 0 Å². The van der Waals surface area contributed by atoms with Crippen molar-refractivity contribution < 1.29 is 14.3 Å². The number of hydrogen-bond acceptors (Lipinski definition) is 5. The molecule has 0 radical (unpaired) electrons. The largest absolute Gasteiger partial charge is 0.462 e. The molecule has 0 atom stereocenters. The van der Waals surface area contributed by atoms with Crippen LogP contribution < -0.4 is 10.5 Å². The lowest BCUT2D eigenvalue weighted by Gasteiger charge is -2.12. The van der Waals surface area contributed by atoms with Gasteiger partial charge in [0.2, 0.25) is 0 Å². The summed E-state index contributed by atoms with van der Waals surface area (Å²) < 4.78 is 10.7. The van der Waals surface area contributed by atoms with Gasteiger partial charge in [0.05, 0.1) is 18.5 Å². The molecule has 0 unspecified atom stereocenters. The first kappa shape index (κ1) is 13.9. The Labute approximate surface area is 117 Å². The van der Waals surface area contributed by atoms with E-state index in [1.165, 1.54) is 0 Å². The molecule has 0 saturated carbocycles.